The van der Waals surface area contributed by atoms with E-state index in [4.69, 9.17) is 17.3 Å². The number of pyridine rings is 1. The first-order chi connectivity index (χ1) is 11.1. The smallest absolute Gasteiger partial charge is 0.0867 e. The third-order valence-electron chi connectivity index (χ3n) is 4.32. The minimum Gasteiger partial charge on any atom is -0.353 e. The van der Waals surface area contributed by atoms with E-state index in [0.717, 1.165) is 58.9 Å². The lowest BCUT2D eigenvalue weighted by atomic mass is 10.0. The lowest BCUT2D eigenvalue weighted by Crippen LogP contribution is -1.99. The van der Waals surface area contributed by atoms with Crippen molar-refractivity contribution in [1.29, 1.82) is 0 Å². The van der Waals surface area contributed by atoms with Gasteiger partial charge < -0.3 is 10.7 Å². The molecule has 0 atom stereocenters. The summed E-state index contributed by atoms with van der Waals surface area (Å²) in [5.74, 6) is 0. The quantitative estimate of drug-likeness (QED) is 0.662. The van der Waals surface area contributed by atoms with Crippen LogP contribution < -0.4 is 5.73 Å². The van der Waals surface area contributed by atoms with Crippen LogP contribution in [0, 0.1) is 13.8 Å². The molecule has 4 heteroatoms. The number of benzene rings is 1. The van der Waals surface area contributed by atoms with E-state index in [2.05, 4.69) is 35.1 Å². The van der Waals surface area contributed by atoms with Gasteiger partial charge in [-0.05, 0) is 68.5 Å². The lowest BCUT2D eigenvalue weighted by Gasteiger charge is -2.05. The highest BCUT2D eigenvalue weighted by atomic mass is 35.5. The number of halogens is 1. The van der Waals surface area contributed by atoms with Crippen molar-refractivity contribution in [1.82, 2.24) is 9.97 Å². The fourth-order valence-corrected chi connectivity index (χ4v) is 3.13. The Kier molecular flexibility index (Phi) is 4.69. The second kappa shape index (κ2) is 6.73. The van der Waals surface area contributed by atoms with Gasteiger partial charge in [-0.25, -0.2) is 0 Å². The Hall–Kier alpha value is -1.84. The highest BCUT2D eigenvalue weighted by molar-refractivity contribution is 6.32. The van der Waals surface area contributed by atoms with Crippen molar-refractivity contribution < 1.29 is 0 Å². The first-order valence-electron chi connectivity index (χ1n) is 8.04. The third-order valence-corrected chi connectivity index (χ3v) is 4.73. The number of aryl methyl sites for hydroxylation is 3. The van der Waals surface area contributed by atoms with Crippen LogP contribution in [-0.4, -0.2) is 16.5 Å². The van der Waals surface area contributed by atoms with E-state index in [-0.39, 0.29) is 0 Å². The molecule has 0 unspecified atom stereocenters. The fourth-order valence-electron chi connectivity index (χ4n) is 2.97. The molecule has 0 saturated carbocycles. The summed E-state index contributed by atoms with van der Waals surface area (Å²) in [4.78, 5) is 8.15. The molecule has 0 radical (unpaired) electrons. The molecule has 3 N–H and O–H groups in total. The van der Waals surface area contributed by atoms with Crippen molar-refractivity contribution in [2.24, 2.45) is 5.73 Å². The van der Waals surface area contributed by atoms with E-state index >= 15 is 0 Å². The van der Waals surface area contributed by atoms with Crippen LogP contribution in [0.5, 0.6) is 0 Å². The number of H-pyrrole nitrogens is 1. The summed E-state index contributed by atoms with van der Waals surface area (Å²) in [7, 11) is 0. The summed E-state index contributed by atoms with van der Waals surface area (Å²) in [6.07, 6.45) is 5.00. The van der Waals surface area contributed by atoms with Gasteiger partial charge in [0.05, 0.1) is 16.9 Å². The van der Waals surface area contributed by atoms with Gasteiger partial charge in [-0.3, -0.25) is 4.98 Å². The number of nitrogens with zero attached hydrogens (tertiary/aromatic N) is 1. The van der Waals surface area contributed by atoms with Gasteiger partial charge in [-0.1, -0.05) is 23.7 Å². The van der Waals surface area contributed by atoms with E-state index in [1.807, 2.05) is 19.2 Å². The van der Waals surface area contributed by atoms with Gasteiger partial charge in [0.15, 0.2) is 0 Å². The number of hydrogen-bond donors (Lipinski definition) is 2. The van der Waals surface area contributed by atoms with Crippen molar-refractivity contribution in [3.63, 3.8) is 0 Å². The highest BCUT2D eigenvalue weighted by Crippen LogP contribution is 2.34. The number of unbranched alkanes of at least 4 members (excludes halogenated alkanes) is 1. The van der Waals surface area contributed by atoms with Crippen LogP contribution in [0.2, 0.25) is 5.02 Å². The number of rotatable bonds is 5. The monoisotopic (exact) mass is 327 g/mol. The molecule has 2 heterocycles. The number of nitrogens with one attached hydrogen (secondary N) is 1. The van der Waals surface area contributed by atoms with Crippen molar-refractivity contribution in [3.05, 3.63) is 52.2 Å². The zero-order valence-corrected chi connectivity index (χ0v) is 14.4. The van der Waals surface area contributed by atoms with Crippen LogP contribution in [0.3, 0.4) is 0 Å². The molecular weight excluding hydrogens is 306 g/mol. The minimum atomic E-state index is 0.728. The first kappa shape index (κ1) is 16.0. The minimum absolute atomic E-state index is 0.728. The predicted octanol–water partition coefficient (Wildman–Crippen LogP) is 4.78. The Labute approximate surface area is 141 Å². The molecule has 0 aliphatic rings. The molecule has 0 saturated heterocycles. The second-order valence-electron chi connectivity index (χ2n) is 6.04. The summed E-state index contributed by atoms with van der Waals surface area (Å²) in [5.41, 5.74) is 12.4. The summed E-state index contributed by atoms with van der Waals surface area (Å²) < 4.78 is 0. The number of hydrogen-bond acceptors (Lipinski definition) is 2. The molecule has 0 aliphatic heterocycles. The largest absolute Gasteiger partial charge is 0.353 e. The molecule has 0 aliphatic carbocycles. The van der Waals surface area contributed by atoms with Crippen LogP contribution in [0.25, 0.3) is 22.3 Å². The molecule has 0 amide bonds. The SMILES string of the molecule is Cc1ccc(-c2[nH]c3c(C)c(Cl)ccc3c2CCCCN)nc1. The summed E-state index contributed by atoms with van der Waals surface area (Å²) in [5, 5.41) is 2.02. The lowest BCUT2D eigenvalue weighted by molar-refractivity contribution is 0.748. The molecule has 3 aromatic rings. The Balaban J connectivity index is 2.16. The number of fused-ring (bicyclic) bond motifs is 1. The van der Waals surface area contributed by atoms with Crippen LogP contribution in [0.1, 0.15) is 29.5 Å². The summed E-state index contributed by atoms with van der Waals surface area (Å²) in [6, 6.07) is 8.25. The Morgan fingerprint density at radius 3 is 2.65 bits per heavy atom. The molecule has 0 spiro atoms. The van der Waals surface area contributed by atoms with Crippen LogP contribution in [0.4, 0.5) is 0 Å². The zero-order chi connectivity index (χ0) is 16.4. The van der Waals surface area contributed by atoms with Gasteiger partial charge in [-0.2, -0.15) is 0 Å². The second-order valence-corrected chi connectivity index (χ2v) is 6.45. The van der Waals surface area contributed by atoms with Crippen LogP contribution in [0.15, 0.2) is 30.5 Å². The van der Waals surface area contributed by atoms with E-state index in [1.54, 1.807) is 0 Å². The Morgan fingerprint density at radius 1 is 1.13 bits per heavy atom. The zero-order valence-electron chi connectivity index (χ0n) is 13.6. The molecule has 3 rings (SSSR count). The maximum absolute atomic E-state index is 6.29. The van der Waals surface area contributed by atoms with Gasteiger partial charge in [0.2, 0.25) is 0 Å². The molecule has 2 aromatic heterocycles. The van der Waals surface area contributed by atoms with E-state index in [9.17, 15) is 0 Å². The molecule has 1 aromatic carbocycles. The normalized spacial score (nSPS) is 11.3. The summed E-state index contributed by atoms with van der Waals surface area (Å²) in [6.45, 7) is 4.83. The van der Waals surface area contributed by atoms with Crippen LogP contribution in [-0.2, 0) is 6.42 Å². The molecule has 3 nitrogen and oxygen atoms in total. The Bertz CT molecular complexity index is 819. The maximum atomic E-state index is 6.29. The average molecular weight is 328 g/mol. The predicted molar refractivity (Wildman–Crippen MR) is 98.0 cm³/mol. The summed E-state index contributed by atoms with van der Waals surface area (Å²) >= 11 is 6.29. The van der Waals surface area contributed by atoms with Gasteiger partial charge in [0.1, 0.15) is 0 Å². The fraction of sp³-hybridized carbons (Fsp3) is 0.316. The van der Waals surface area contributed by atoms with Gasteiger partial charge >= 0.3 is 0 Å². The van der Waals surface area contributed by atoms with Gasteiger partial charge in [-0.15, -0.1) is 0 Å². The van der Waals surface area contributed by atoms with Crippen LogP contribution >= 0.6 is 11.6 Å². The number of aromatic amines is 1. The molecular formula is C19H22ClN3. The number of aromatic nitrogens is 2. The standard InChI is InChI=1S/C19H22ClN3/c1-12-6-9-17(22-11-12)19-14(5-3-4-10-21)15-7-8-16(20)13(2)18(15)23-19/h6-9,11,23H,3-5,10,21H2,1-2H3. The molecule has 23 heavy (non-hydrogen) atoms. The highest BCUT2D eigenvalue weighted by Gasteiger charge is 2.16. The molecule has 0 bridgehead atoms. The molecule has 120 valence electrons. The van der Waals surface area contributed by atoms with Crippen molar-refractivity contribution >= 4 is 22.5 Å². The van der Waals surface area contributed by atoms with E-state index < -0.39 is 0 Å². The van der Waals surface area contributed by atoms with Crippen molar-refractivity contribution in [2.75, 3.05) is 6.54 Å². The first-order valence-corrected chi connectivity index (χ1v) is 8.42. The number of nitrogens with two attached hydrogens (primary N) is 1. The van der Waals surface area contributed by atoms with Crippen molar-refractivity contribution in [2.45, 2.75) is 33.1 Å². The third kappa shape index (κ3) is 3.12. The average Bonchev–Trinajstić information content (AvgIpc) is 2.91. The topological polar surface area (TPSA) is 54.7 Å². The van der Waals surface area contributed by atoms with E-state index in [0.29, 0.717) is 0 Å². The maximum Gasteiger partial charge on any atom is 0.0867 e. The van der Waals surface area contributed by atoms with Crippen molar-refractivity contribution in [3.8, 4) is 11.4 Å². The molecule has 0 fully saturated rings. The van der Waals surface area contributed by atoms with Gasteiger partial charge in [0.25, 0.3) is 0 Å². The van der Waals surface area contributed by atoms with E-state index in [1.165, 1.54) is 10.9 Å². The van der Waals surface area contributed by atoms with Gasteiger partial charge in [0, 0.05) is 16.6 Å². The Morgan fingerprint density at radius 2 is 1.96 bits per heavy atom.